The van der Waals surface area contributed by atoms with E-state index in [-0.39, 0.29) is 17.4 Å². The number of nitrogens with one attached hydrogen (secondary N) is 1. The smallest absolute Gasteiger partial charge is 0.270 e. The van der Waals surface area contributed by atoms with Crippen molar-refractivity contribution in [2.45, 2.75) is 71.8 Å². The van der Waals surface area contributed by atoms with Crippen LogP contribution in [0.4, 0.5) is 0 Å². The molecule has 26 heavy (non-hydrogen) atoms. The highest BCUT2D eigenvalue weighted by molar-refractivity contribution is 5.93. The molecule has 2 heterocycles. The molecule has 0 saturated heterocycles. The molecule has 6 nitrogen and oxygen atoms in total. The van der Waals surface area contributed by atoms with Gasteiger partial charge in [0, 0.05) is 11.5 Å². The monoisotopic (exact) mass is 355 g/mol. The molecule has 0 aromatic carbocycles. The van der Waals surface area contributed by atoms with Crippen LogP contribution in [0.5, 0.6) is 0 Å². The van der Waals surface area contributed by atoms with Gasteiger partial charge in [0.05, 0.1) is 5.69 Å². The predicted molar refractivity (Wildman–Crippen MR) is 100 cm³/mol. The molecule has 2 bridgehead atoms. The molecule has 0 spiro atoms. The number of amides is 1. The molecule has 1 N–H and O–H groups in total. The first-order chi connectivity index (χ1) is 12.2. The third kappa shape index (κ3) is 2.99. The van der Waals surface area contributed by atoms with Crippen molar-refractivity contribution in [2.75, 3.05) is 0 Å². The van der Waals surface area contributed by atoms with Crippen LogP contribution in [-0.2, 0) is 5.41 Å². The summed E-state index contributed by atoms with van der Waals surface area (Å²) in [6, 6.07) is 2.05. The molecule has 4 atom stereocenters. The van der Waals surface area contributed by atoms with Crippen molar-refractivity contribution in [3.63, 3.8) is 0 Å². The molecule has 2 aliphatic carbocycles. The average Bonchev–Trinajstić information content (AvgIpc) is 3.26. The highest BCUT2D eigenvalue weighted by Crippen LogP contribution is 2.49. The van der Waals surface area contributed by atoms with Crippen LogP contribution in [0.2, 0.25) is 0 Å². The van der Waals surface area contributed by atoms with Crippen molar-refractivity contribution in [2.24, 2.45) is 17.8 Å². The van der Waals surface area contributed by atoms with E-state index in [1.165, 1.54) is 25.7 Å². The number of hydrogen-bond acceptors (Lipinski definition) is 4. The zero-order valence-electron chi connectivity index (χ0n) is 16.4. The number of aromatic nitrogens is 4. The van der Waals surface area contributed by atoms with Crippen LogP contribution < -0.4 is 5.32 Å². The topological polar surface area (TPSA) is 72.2 Å². The van der Waals surface area contributed by atoms with Crippen LogP contribution >= 0.6 is 0 Å². The van der Waals surface area contributed by atoms with Gasteiger partial charge in [-0.15, -0.1) is 0 Å². The summed E-state index contributed by atoms with van der Waals surface area (Å²) < 4.78 is 1.76. The summed E-state index contributed by atoms with van der Waals surface area (Å²) >= 11 is 0. The third-order valence-electron chi connectivity index (χ3n) is 6.21. The van der Waals surface area contributed by atoms with Gasteiger partial charge in [-0.2, -0.15) is 10.1 Å². The van der Waals surface area contributed by atoms with E-state index in [9.17, 15) is 4.79 Å². The van der Waals surface area contributed by atoms with Gasteiger partial charge < -0.3 is 5.32 Å². The summed E-state index contributed by atoms with van der Waals surface area (Å²) in [5.74, 6) is 3.33. The largest absolute Gasteiger partial charge is 0.348 e. The third-order valence-corrected chi connectivity index (χ3v) is 6.21. The van der Waals surface area contributed by atoms with Gasteiger partial charge in [0.1, 0.15) is 11.5 Å². The van der Waals surface area contributed by atoms with E-state index >= 15 is 0 Å². The first-order valence-corrected chi connectivity index (χ1v) is 9.78. The summed E-state index contributed by atoms with van der Waals surface area (Å²) in [5, 5.41) is 7.66. The van der Waals surface area contributed by atoms with Gasteiger partial charge in [0.15, 0.2) is 0 Å². The Bertz CT molecular complexity index is 850. The molecule has 0 radical (unpaired) electrons. The lowest BCUT2D eigenvalue weighted by atomic mass is 9.84. The quantitative estimate of drug-likeness (QED) is 0.917. The summed E-state index contributed by atoms with van der Waals surface area (Å²) in [6.45, 7) is 10.3. The predicted octanol–water partition coefficient (Wildman–Crippen LogP) is 3.28. The van der Waals surface area contributed by atoms with Gasteiger partial charge in [-0.25, -0.2) is 9.50 Å². The summed E-state index contributed by atoms with van der Waals surface area (Å²) in [7, 11) is 0. The number of hydrogen-bond donors (Lipinski definition) is 1. The van der Waals surface area contributed by atoms with Crippen molar-refractivity contribution in [1.29, 1.82) is 0 Å². The average molecular weight is 355 g/mol. The minimum absolute atomic E-state index is 0.103. The second-order valence-corrected chi connectivity index (χ2v) is 9.25. The molecule has 140 valence electrons. The SMILES string of the molecule is Cc1nc2nc(C(=O)N[C@H](C)[C@@H]3C[C@H]4CC[C@H]3C4)cc(C(C)(C)C)n2n1. The summed E-state index contributed by atoms with van der Waals surface area (Å²) in [6.07, 6.45) is 5.31. The van der Waals surface area contributed by atoms with Crippen LogP contribution in [-0.4, -0.2) is 31.5 Å². The first kappa shape index (κ1) is 17.4. The fourth-order valence-electron chi connectivity index (χ4n) is 4.91. The van der Waals surface area contributed by atoms with Crippen LogP contribution in [0, 0.1) is 24.7 Å². The highest BCUT2D eigenvalue weighted by atomic mass is 16.1. The molecular weight excluding hydrogens is 326 g/mol. The fraction of sp³-hybridized carbons (Fsp3) is 0.700. The number of aryl methyl sites for hydroxylation is 1. The van der Waals surface area contributed by atoms with Gasteiger partial charge in [0.25, 0.3) is 11.7 Å². The van der Waals surface area contributed by atoms with Crippen molar-refractivity contribution in [3.05, 3.63) is 23.3 Å². The van der Waals surface area contributed by atoms with E-state index in [0.29, 0.717) is 23.2 Å². The summed E-state index contributed by atoms with van der Waals surface area (Å²) in [4.78, 5) is 21.8. The molecule has 4 rings (SSSR count). The van der Waals surface area contributed by atoms with E-state index in [1.807, 2.05) is 13.0 Å². The Labute approximate surface area is 154 Å². The molecule has 0 unspecified atom stereocenters. The zero-order valence-corrected chi connectivity index (χ0v) is 16.4. The molecule has 2 saturated carbocycles. The van der Waals surface area contributed by atoms with Gasteiger partial charge in [0.2, 0.25) is 0 Å². The Morgan fingerprint density at radius 3 is 2.65 bits per heavy atom. The molecule has 6 heteroatoms. The first-order valence-electron chi connectivity index (χ1n) is 9.78. The van der Waals surface area contributed by atoms with Crippen LogP contribution in [0.25, 0.3) is 5.78 Å². The van der Waals surface area contributed by atoms with Gasteiger partial charge in [-0.05, 0) is 56.9 Å². The Morgan fingerprint density at radius 1 is 1.27 bits per heavy atom. The molecular formula is C20H29N5O. The lowest BCUT2D eigenvalue weighted by Crippen LogP contribution is -2.40. The Morgan fingerprint density at radius 2 is 2.04 bits per heavy atom. The second-order valence-electron chi connectivity index (χ2n) is 9.25. The Hall–Kier alpha value is -1.98. The van der Waals surface area contributed by atoms with Gasteiger partial charge in [-0.3, -0.25) is 4.79 Å². The number of fused-ring (bicyclic) bond motifs is 3. The maximum atomic E-state index is 12.9. The van der Waals surface area contributed by atoms with E-state index < -0.39 is 0 Å². The number of rotatable bonds is 3. The van der Waals surface area contributed by atoms with E-state index in [1.54, 1.807) is 4.52 Å². The van der Waals surface area contributed by atoms with Crippen molar-refractivity contribution >= 4 is 11.7 Å². The van der Waals surface area contributed by atoms with E-state index in [4.69, 9.17) is 0 Å². The molecule has 2 fully saturated rings. The Balaban J connectivity index is 1.60. The van der Waals surface area contributed by atoms with Gasteiger partial charge in [-0.1, -0.05) is 27.2 Å². The molecule has 2 aromatic rings. The maximum Gasteiger partial charge on any atom is 0.270 e. The number of carbonyl (C=O) groups excluding carboxylic acids is 1. The fourth-order valence-corrected chi connectivity index (χ4v) is 4.91. The minimum Gasteiger partial charge on any atom is -0.348 e. The van der Waals surface area contributed by atoms with E-state index in [2.05, 4.69) is 48.1 Å². The zero-order chi connectivity index (χ0) is 18.6. The van der Waals surface area contributed by atoms with Crippen LogP contribution in [0.3, 0.4) is 0 Å². The minimum atomic E-state index is -0.160. The highest BCUT2D eigenvalue weighted by Gasteiger charge is 2.42. The molecule has 2 aromatic heterocycles. The number of nitrogens with zero attached hydrogens (tertiary/aromatic N) is 4. The van der Waals surface area contributed by atoms with E-state index in [0.717, 1.165) is 17.5 Å². The maximum absolute atomic E-state index is 12.9. The Kier molecular flexibility index (Phi) is 4.04. The second kappa shape index (κ2) is 6.03. The van der Waals surface area contributed by atoms with Crippen LogP contribution in [0.1, 0.15) is 75.4 Å². The van der Waals surface area contributed by atoms with Gasteiger partial charge >= 0.3 is 0 Å². The molecule has 1 amide bonds. The lowest BCUT2D eigenvalue weighted by Gasteiger charge is -2.28. The van der Waals surface area contributed by atoms with Crippen molar-refractivity contribution < 1.29 is 4.79 Å². The normalized spacial score (nSPS) is 26.4. The molecule has 0 aliphatic heterocycles. The standard InChI is InChI=1S/C20H29N5O/c1-11(15-9-13-6-7-14(15)8-13)21-18(26)16-10-17(20(3,4)5)25-19(23-16)22-12(2)24-25/h10-11,13-15H,6-9H2,1-5H3,(H,21,26)/t11-,13+,14+,15+/m1/s1. The van der Waals surface area contributed by atoms with Crippen LogP contribution in [0.15, 0.2) is 6.07 Å². The molecule has 2 aliphatic rings. The lowest BCUT2D eigenvalue weighted by molar-refractivity contribution is 0.0910. The number of carbonyl (C=O) groups is 1. The van der Waals surface area contributed by atoms with Crippen molar-refractivity contribution in [1.82, 2.24) is 24.9 Å². The summed E-state index contributed by atoms with van der Waals surface area (Å²) in [5.41, 5.74) is 1.22. The van der Waals surface area contributed by atoms with Crippen molar-refractivity contribution in [3.8, 4) is 0 Å².